The van der Waals surface area contributed by atoms with E-state index in [1.807, 2.05) is 13.8 Å². The summed E-state index contributed by atoms with van der Waals surface area (Å²) in [5.74, 6) is 0.290. The van der Waals surface area contributed by atoms with E-state index in [0.717, 1.165) is 5.75 Å². The average Bonchev–Trinajstić information content (AvgIpc) is 2.37. The fourth-order valence-corrected chi connectivity index (χ4v) is 5.16. The first-order valence-corrected chi connectivity index (χ1v) is 8.81. The van der Waals surface area contributed by atoms with Crippen LogP contribution in [0.25, 0.3) is 0 Å². The molecule has 1 saturated heterocycles. The van der Waals surface area contributed by atoms with Crippen molar-refractivity contribution in [3.05, 3.63) is 29.6 Å². The van der Waals surface area contributed by atoms with E-state index in [2.05, 4.69) is 0 Å². The molecule has 0 atom stereocenters. The molecule has 7 heteroatoms. The molecule has 0 unspecified atom stereocenters. The van der Waals surface area contributed by atoms with Crippen LogP contribution in [-0.4, -0.2) is 36.3 Å². The molecule has 0 radical (unpaired) electrons. The number of nitrogens with zero attached hydrogens (tertiary/aromatic N) is 1. The van der Waals surface area contributed by atoms with Crippen LogP contribution in [0.3, 0.4) is 0 Å². The van der Waals surface area contributed by atoms with Gasteiger partial charge in [-0.3, -0.25) is 0 Å². The van der Waals surface area contributed by atoms with Crippen molar-refractivity contribution >= 4 is 21.8 Å². The summed E-state index contributed by atoms with van der Waals surface area (Å²) in [6.07, 6.45) is 0. The molecule has 2 rings (SSSR count). The zero-order chi connectivity index (χ0) is 15.0. The minimum atomic E-state index is -3.58. The van der Waals surface area contributed by atoms with Crippen molar-refractivity contribution in [3.63, 3.8) is 0 Å². The van der Waals surface area contributed by atoms with Gasteiger partial charge >= 0.3 is 0 Å². The summed E-state index contributed by atoms with van der Waals surface area (Å²) in [5, 5.41) is 0. The molecule has 4 nitrogen and oxygen atoms in total. The Labute approximate surface area is 123 Å². The lowest BCUT2D eigenvalue weighted by atomic mass is 10.2. The van der Waals surface area contributed by atoms with Crippen molar-refractivity contribution in [1.29, 1.82) is 0 Å². The van der Waals surface area contributed by atoms with Gasteiger partial charge in [0.1, 0.15) is 5.82 Å². The smallest absolute Gasteiger partial charge is 0.243 e. The molecular formula is C13H19FN2O2S2. The summed E-state index contributed by atoms with van der Waals surface area (Å²) >= 11 is 1.76. The molecule has 20 heavy (non-hydrogen) atoms. The summed E-state index contributed by atoms with van der Waals surface area (Å²) in [6.45, 7) is 4.96. The van der Waals surface area contributed by atoms with Crippen LogP contribution >= 0.6 is 11.8 Å². The summed E-state index contributed by atoms with van der Waals surface area (Å²) in [4.78, 5) is 0.113. The van der Waals surface area contributed by atoms with Gasteiger partial charge < -0.3 is 5.73 Å². The minimum absolute atomic E-state index is 0.0173. The molecule has 1 aromatic rings. The SMILES string of the molecule is CC1(C)CN(S(=O)(=O)c2ccc(F)c(CN)c2)CCS1. The Hall–Kier alpha value is -0.630. The Morgan fingerprint density at radius 2 is 2.15 bits per heavy atom. The van der Waals surface area contributed by atoms with Gasteiger partial charge in [0.05, 0.1) is 4.90 Å². The summed E-state index contributed by atoms with van der Waals surface area (Å²) in [7, 11) is -3.58. The van der Waals surface area contributed by atoms with Crippen LogP contribution in [0.1, 0.15) is 19.4 Å². The molecule has 0 aromatic heterocycles. The lowest BCUT2D eigenvalue weighted by Gasteiger charge is -2.36. The van der Waals surface area contributed by atoms with Gasteiger partial charge in [0.15, 0.2) is 0 Å². The Morgan fingerprint density at radius 1 is 1.45 bits per heavy atom. The van der Waals surface area contributed by atoms with E-state index in [1.54, 1.807) is 11.8 Å². The quantitative estimate of drug-likeness (QED) is 0.923. The van der Waals surface area contributed by atoms with Gasteiger partial charge in [0, 0.05) is 35.7 Å². The Kier molecular flexibility index (Phi) is 4.44. The fraction of sp³-hybridized carbons (Fsp3) is 0.538. The average molecular weight is 318 g/mol. The maximum absolute atomic E-state index is 13.4. The maximum Gasteiger partial charge on any atom is 0.243 e. The second-order valence-corrected chi connectivity index (χ2v) is 9.14. The number of benzene rings is 1. The molecule has 0 amide bonds. The minimum Gasteiger partial charge on any atom is -0.326 e. The highest BCUT2D eigenvalue weighted by Crippen LogP contribution is 2.32. The van der Waals surface area contributed by atoms with Gasteiger partial charge in [0.25, 0.3) is 0 Å². The zero-order valence-corrected chi connectivity index (χ0v) is 13.2. The first kappa shape index (κ1) is 15.8. The number of hydrogen-bond donors (Lipinski definition) is 1. The van der Waals surface area contributed by atoms with E-state index in [9.17, 15) is 12.8 Å². The second kappa shape index (κ2) is 5.63. The number of rotatable bonds is 3. The first-order valence-electron chi connectivity index (χ1n) is 6.39. The van der Waals surface area contributed by atoms with Crippen molar-refractivity contribution in [2.24, 2.45) is 5.73 Å². The van der Waals surface area contributed by atoms with Gasteiger partial charge in [-0.2, -0.15) is 16.1 Å². The lowest BCUT2D eigenvalue weighted by Crippen LogP contribution is -2.46. The van der Waals surface area contributed by atoms with Crippen molar-refractivity contribution in [3.8, 4) is 0 Å². The van der Waals surface area contributed by atoms with Gasteiger partial charge in [0.2, 0.25) is 10.0 Å². The zero-order valence-electron chi connectivity index (χ0n) is 11.6. The molecule has 112 valence electrons. The van der Waals surface area contributed by atoms with Crippen LogP contribution < -0.4 is 5.73 Å². The van der Waals surface area contributed by atoms with Crippen LogP contribution in [0.5, 0.6) is 0 Å². The van der Waals surface area contributed by atoms with Crippen LogP contribution in [-0.2, 0) is 16.6 Å². The number of thioether (sulfide) groups is 1. The molecule has 0 bridgehead atoms. The van der Waals surface area contributed by atoms with Crippen molar-refractivity contribution in [2.75, 3.05) is 18.8 Å². The Bertz CT molecular complexity index is 602. The third-order valence-corrected chi connectivity index (χ3v) is 6.40. The predicted molar refractivity (Wildman–Crippen MR) is 79.6 cm³/mol. The lowest BCUT2D eigenvalue weighted by molar-refractivity contribution is 0.387. The molecule has 0 aliphatic carbocycles. The predicted octanol–water partition coefficient (Wildman–Crippen LogP) is 1.80. The highest BCUT2D eigenvalue weighted by Gasteiger charge is 2.34. The van der Waals surface area contributed by atoms with E-state index in [-0.39, 0.29) is 21.8 Å². The van der Waals surface area contributed by atoms with E-state index in [4.69, 9.17) is 5.73 Å². The normalized spacial score (nSPS) is 20.0. The van der Waals surface area contributed by atoms with Crippen molar-refractivity contribution in [2.45, 2.75) is 30.0 Å². The monoisotopic (exact) mass is 318 g/mol. The van der Waals surface area contributed by atoms with E-state index < -0.39 is 15.8 Å². The molecule has 1 heterocycles. The first-order chi connectivity index (χ1) is 9.26. The largest absolute Gasteiger partial charge is 0.326 e. The highest BCUT2D eigenvalue weighted by atomic mass is 32.2. The van der Waals surface area contributed by atoms with Crippen LogP contribution in [0, 0.1) is 5.82 Å². The van der Waals surface area contributed by atoms with E-state index >= 15 is 0 Å². The Balaban J connectivity index is 2.35. The molecule has 1 fully saturated rings. The second-order valence-electron chi connectivity index (χ2n) is 5.40. The van der Waals surface area contributed by atoms with Gasteiger partial charge in [-0.25, -0.2) is 12.8 Å². The molecule has 1 aromatic carbocycles. The third-order valence-electron chi connectivity index (χ3n) is 3.27. The van der Waals surface area contributed by atoms with Gasteiger partial charge in [-0.1, -0.05) is 0 Å². The molecule has 0 saturated carbocycles. The summed E-state index contributed by atoms with van der Waals surface area (Å²) in [6, 6.07) is 3.80. The maximum atomic E-state index is 13.4. The van der Waals surface area contributed by atoms with E-state index in [0.29, 0.717) is 13.1 Å². The van der Waals surface area contributed by atoms with Crippen LogP contribution in [0.2, 0.25) is 0 Å². The molecule has 1 aliphatic rings. The number of halogens is 1. The van der Waals surface area contributed by atoms with Crippen LogP contribution in [0.15, 0.2) is 23.1 Å². The molecule has 1 aliphatic heterocycles. The topological polar surface area (TPSA) is 63.4 Å². The van der Waals surface area contributed by atoms with E-state index in [1.165, 1.54) is 22.5 Å². The molecule has 0 spiro atoms. The number of hydrogen-bond acceptors (Lipinski definition) is 4. The highest BCUT2D eigenvalue weighted by molar-refractivity contribution is 8.00. The van der Waals surface area contributed by atoms with Gasteiger partial charge in [-0.15, -0.1) is 0 Å². The number of nitrogens with two attached hydrogens (primary N) is 1. The standard InChI is InChI=1S/C13H19FN2O2S2/c1-13(2)9-16(5-6-19-13)20(17,18)11-3-4-12(14)10(7-11)8-15/h3-4,7H,5-6,8-9,15H2,1-2H3. The molecule has 2 N–H and O–H groups in total. The van der Waals surface area contributed by atoms with Crippen molar-refractivity contribution in [1.82, 2.24) is 4.31 Å². The summed E-state index contributed by atoms with van der Waals surface area (Å²) < 4.78 is 40.0. The fourth-order valence-electron chi connectivity index (χ4n) is 2.20. The third kappa shape index (κ3) is 3.16. The number of sulfonamides is 1. The Morgan fingerprint density at radius 3 is 2.75 bits per heavy atom. The van der Waals surface area contributed by atoms with Crippen LogP contribution in [0.4, 0.5) is 4.39 Å². The van der Waals surface area contributed by atoms with Gasteiger partial charge in [-0.05, 0) is 32.0 Å². The summed E-state index contributed by atoms with van der Waals surface area (Å²) in [5.41, 5.74) is 5.65. The molecular weight excluding hydrogens is 299 g/mol. The van der Waals surface area contributed by atoms with Crippen molar-refractivity contribution < 1.29 is 12.8 Å².